The van der Waals surface area contributed by atoms with Gasteiger partial charge in [-0.1, -0.05) is 0 Å². The summed E-state index contributed by atoms with van der Waals surface area (Å²) in [5.74, 6) is -1.96. The number of aromatic nitrogens is 2. The van der Waals surface area contributed by atoms with Crippen molar-refractivity contribution in [3.05, 3.63) is 35.9 Å². The molecule has 0 aromatic carbocycles. The summed E-state index contributed by atoms with van der Waals surface area (Å²) in [6, 6.07) is 0. The third-order valence-electron chi connectivity index (χ3n) is 2.95. The van der Waals surface area contributed by atoms with Gasteiger partial charge in [0.1, 0.15) is 0 Å². The Morgan fingerprint density at radius 2 is 2.25 bits per heavy atom. The predicted octanol–water partition coefficient (Wildman–Crippen LogP) is 2.05. The van der Waals surface area contributed by atoms with Gasteiger partial charge in [0, 0.05) is 17.5 Å². The highest BCUT2D eigenvalue weighted by Gasteiger charge is 2.38. The van der Waals surface area contributed by atoms with Gasteiger partial charge >= 0.3 is 6.18 Å². The Morgan fingerprint density at radius 3 is 2.75 bits per heavy atom. The number of nitrogens with one attached hydrogen (secondary N) is 1. The fraction of sp³-hybridized carbons (Fsp3) is 0.333. The van der Waals surface area contributed by atoms with Gasteiger partial charge in [0.25, 0.3) is 5.91 Å². The maximum Gasteiger partial charge on any atom is 0.412 e. The molecule has 108 valence electrons. The summed E-state index contributed by atoms with van der Waals surface area (Å²) in [5, 5.41) is 8.59. The molecule has 8 heteroatoms. The van der Waals surface area contributed by atoms with Gasteiger partial charge in [0.05, 0.1) is 17.9 Å². The molecule has 0 saturated heterocycles. The minimum Gasteiger partial charge on any atom is -0.306 e. The van der Waals surface area contributed by atoms with Crippen LogP contribution in [-0.2, 0) is 4.79 Å². The lowest BCUT2D eigenvalue weighted by molar-refractivity contribution is -0.132. The van der Waals surface area contributed by atoms with Crippen LogP contribution in [0.4, 0.5) is 13.2 Å². The number of amides is 1. The summed E-state index contributed by atoms with van der Waals surface area (Å²) in [4.78, 5) is 15.3. The number of alkyl halides is 3. The Kier molecular flexibility index (Phi) is 3.67. The van der Waals surface area contributed by atoms with Gasteiger partial charge in [-0.15, -0.1) is 0 Å². The van der Waals surface area contributed by atoms with Crippen LogP contribution in [0.15, 0.2) is 30.2 Å². The first-order chi connectivity index (χ1) is 9.31. The van der Waals surface area contributed by atoms with E-state index >= 15 is 0 Å². The van der Waals surface area contributed by atoms with Crippen molar-refractivity contribution in [1.82, 2.24) is 15.0 Å². The van der Waals surface area contributed by atoms with E-state index in [0.29, 0.717) is 5.69 Å². The van der Waals surface area contributed by atoms with Crippen molar-refractivity contribution in [3.63, 3.8) is 0 Å². The quantitative estimate of drug-likeness (QED) is 0.646. The van der Waals surface area contributed by atoms with Gasteiger partial charge in [-0.25, -0.2) is 10.5 Å². The molecule has 1 amide bonds. The molecule has 1 atom stereocenters. The number of halogens is 3. The standard InChI is InChI=1S/C12H12F3N3O2/c1-7-5-18(6-16-7)10-3-8(11(19)17-20)2-9(4-10)12(13,14)15/h3-6,8,20H,2H2,1H3,(H,17,19). The molecule has 1 aliphatic carbocycles. The Balaban J connectivity index is 2.42. The van der Waals surface area contributed by atoms with Crippen LogP contribution in [0.5, 0.6) is 0 Å². The van der Waals surface area contributed by atoms with E-state index < -0.39 is 30.0 Å². The molecule has 0 bridgehead atoms. The van der Waals surface area contributed by atoms with E-state index in [1.54, 1.807) is 13.1 Å². The first-order valence-electron chi connectivity index (χ1n) is 5.75. The average molecular weight is 287 g/mol. The second-order valence-corrected chi connectivity index (χ2v) is 4.47. The van der Waals surface area contributed by atoms with Crippen molar-refractivity contribution >= 4 is 11.6 Å². The third kappa shape index (κ3) is 2.90. The zero-order valence-electron chi connectivity index (χ0n) is 10.5. The second-order valence-electron chi connectivity index (χ2n) is 4.47. The lowest BCUT2D eigenvalue weighted by Gasteiger charge is -2.22. The molecule has 1 aliphatic rings. The van der Waals surface area contributed by atoms with Crippen LogP contribution in [0.3, 0.4) is 0 Å². The van der Waals surface area contributed by atoms with Gasteiger partial charge < -0.3 is 4.57 Å². The first kappa shape index (κ1) is 14.3. The average Bonchev–Trinajstić information content (AvgIpc) is 2.83. The highest BCUT2D eigenvalue weighted by molar-refractivity contribution is 5.83. The number of allylic oxidation sites excluding steroid dienone is 3. The first-order valence-corrected chi connectivity index (χ1v) is 5.75. The van der Waals surface area contributed by atoms with Gasteiger partial charge in [-0.2, -0.15) is 13.2 Å². The van der Waals surface area contributed by atoms with Crippen molar-refractivity contribution in [2.75, 3.05) is 0 Å². The topological polar surface area (TPSA) is 67.2 Å². The summed E-state index contributed by atoms with van der Waals surface area (Å²) in [5.41, 5.74) is 1.39. The van der Waals surface area contributed by atoms with Crippen LogP contribution in [0.2, 0.25) is 0 Å². The molecule has 1 aromatic rings. The number of hydrogen-bond acceptors (Lipinski definition) is 3. The smallest absolute Gasteiger partial charge is 0.306 e. The van der Waals surface area contributed by atoms with Gasteiger partial charge in [0.2, 0.25) is 0 Å². The van der Waals surface area contributed by atoms with Crippen molar-refractivity contribution in [1.29, 1.82) is 0 Å². The van der Waals surface area contributed by atoms with Crippen LogP contribution < -0.4 is 5.48 Å². The van der Waals surface area contributed by atoms with E-state index in [2.05, 4.69) is 4.98 Å². The van der Waals surface area contributed by atoms with Crippen LogP contribution in [-0.4, -0.2) is 26.8 Å². The molecular formula is C12H12F3N3O2. The van der Waals surface area contributed by atoms with Gasteiger partial charge in [0.15, 0.2) is 0 Å². The number of carbonyl (C=O) groups is 1. The van der Waals surface area contributed by atoms with E-state index in [9.17, 15) is 18.0 Å². The minimum atomic E-state index is -4.52. The maximum absolute atomic E-state index is 12.9. The lowest BCUT2D eigenvalue weighted by atomic mass is 9.91. The molecule has 0 fully saturated rings. The largest absolute Gasteiger partial charge is 0.412 e. The van der Waals surface area contributed by atoms with Crippen LogP contribution in [0.25, 0.3) is 5.70 Å². The Labute approximate surface area is 112 Å². The third-order valence-corrected chi connectivity index (χ3v) is 2.95. The summed E-state index contributed by atoms with van der Waals surface area (Å²) in [6.07, 6.45) is 0.223. The normalized spacial score (nSPS) is 19.4. The molecule has 0 spiro atoms. The van der Waals surface area contributed by atoms with Gasteiger partial charge in [-0.3, -0.25) is 10.0 Å². The summed E-state index contributed by atoms with van der Waals surface area (Å²) in [7, 11) is 0. The van der Waals surface area contributed by atoms with Crippen molar-refractivity contribution in [3.8, 4) is 0 Å². The number of rotatable bonds is 2. The zero-order chi connectivity index (χ0) is 14.9. The Bertz CT molecular complexity index is 587. The van der Waals surface area contributed by atoms with Crippen molar-refractivity contribution < 1.29 is 23.2 Å². The molecule has 0 saturated carbocycles. The maximum atomic E-state index is 12.9. The fourth-order valence-corrected chi connectivity index (χ4v) is 1.96. The van der Waals surface area contributed by atoms with Crippen LogP contribution >= 0.6 is 0 Å². The van der Waals surface area contributed by atoms with E-state index in [0.717, 1.165) is 6.08 Å². The summed E-state index contributed by atoms with van der Waals surface area (Å²) >= 11 is 0. The fourth-order valence-electron chi connectivity index (χ4n) is 1.96. The molecule has 0 radical (unpaired) electrons. The molecule has 1 aromatic heterocycles. The minimum absolute atomic E-state index is 0.192. The van der Waals surface area contributed by atoms with E-state index in [1.807, 2.05) is 0 Å². The SMILES string of the molecule is Cc1cn(C2=CC(C(=O)NO)CC(C(F)(F)F)=C2)cn1. The number of hydroxylamine groups is 1. The molecule has 0 aliphatic heterocycles. The molecule has 1 heterocycles. The van der Waals surface area contributed by atoms with Crippen LogP contribution in [0, 0.1) is 12.8 Å². The molecule has 1 unspecified atom stereocenters. The molecule has 2 rings (SSSR count). The molecule has 5 nitrogen and oxygen atoms in total. The highest BCUT2D eigenvalue weighted by Crippen LogP contribution is 2.36. The summed E-state index contributed by atoms with van der Waals surface area (Å²) in [6.45, 7) is 1.70. The van der Waals surface area contributed by atoms with E-state index in [-0.39, 0.29) is 5.70 Å². The molecule has 2 N–H and O–H groups in total. The number of aryl methyl sites for hydroxylation is 1. The van der Waals surface area contributed by atoms with Crippen molar-refractivity contribution in [2.24, 2.45) is 5.92 Å². The highest BCUT2D eigenvalue weighted by atomic mass is 19.4. The zero-order valence-corrected chi connectivity index (χ0v) is 10.5. The molecule has 20 heavy (non-hydrogen) atoms. The second kappa shape index (κ2) is 5.12. The number of imidazole rings is 1. The van der Waals surface area contributed by atoms with Gasteiger partial charge in [-0.05, 0) is 25.5 Å². The molecular weight excluding hydrogens is 275 g/mol. The van der Waals surface area contributed by atoms with E-state index in [1.165, 1.54) is 22.5 Å². The Morgan fingerprint density at radius 1 is 1.55 bits per heavy atom. The van der Waals surface area contributed by atoms with E-state index in [4.69, 9.17) is 5.21 Å². The van der Waals surface area contributed by atoms with Crippen LogP contribution in [0.1, 0.15) is 12.1 Å². The number of hydrogen-bond donors (Lipinski definition) is 2. The number of nitrogens with zero attached hydrogens (tertiary/aromatic N) is 2. The Hall–Kier alpha value is -2.09. The summed E-state index contributed by atoms with van der Waals surface area (Å²) < 4.78 is 40.0. The van der Waals surface area contributed by atoms with Crippen molar-refractivity contribution in [2.45, 2.75) is 19.5 Å². The number of carbonyl (C=O) groups excluding carboxylic acids is 1. The predicted molar refractivity (Wildman–Crippen MR) is 63.4 cm³/mol. The monoisotopic (exact) mass is 287 g/mol. The lowest BCUT2D eigenvalue weighted by Crippen LogP contribution is -2.30.